The zero-order valence-electron chi connectivity index (χ0n) is 13.2. The first-order valence-corrected chi connectivity index (χ1v) is 8.15. The highest BCUT2D eigenvalue weighted by atomic mass is 19.4. The van der Waals surface area contributed by atoms with Crippen LogP contribution in [0.25, 0.3) is 0 Å². The molecule has 2 aliphatic heterocycles. The number of halogens is 3. The maximum absolute atomic E-state index is 13.2. The summed E-state index contributed by atoms with van der Waals surface area (Å²) in [6.45, 7) is 1.55. The van der Waals surface area contributed by atoms with Gasteiger partial charge in [0.1, 0.15) is 5.82 Å². The summed E-state index contributed by atoms with van der Waals surface area (Å²) in [6.07, 6.45) is -3.09. The lowest BCUT2D eigenvalue weighted by atomic mass is 10.1. The number of piperidine rings is 2. The van der Waals surface area contributed by atoms with Gasteiger partial charge in [0.15, 0.2) is 5.69 Å². The molecule has 0 amide bonds. The number of aliphatic hydroxyl groups is 2. The Kier molecular flexibility index (Phi) is 4.82. The molecule has 0 bridgehead atoms. The van der Waals surface area contributed by atoms with E-state index in [0.717, 1.165) is 6.07 Å². The molecule has 0 aliphatic carbocycles. The molecule has 3 heterocycles. The normalized spacial score (nSPS) is 25.9. The molecule has 134 valence electrons. The monoisotopic (exact) mass is 346 g/mol. The van der Waals surface area contributed by atoms with Crippen molar-refractivity contribution in [1.29, 1.82) is 0 Å². The van der Waals surface area contributed by atoms with E-state index in [1.165, 1.54) is 0 Å². The van der Waals surface area contributed by atoms with Crippen LogP contribution in [-0.2, 0) is 6.18 Å². The molecule has 1 aromatic heterocycles. The maximum atomic E-state index is 13.2. The van der Waals surface area contributed by atoms with Crippen LogP contribution in [0.3, 0.4) is 0 Å². The molecular weight excluding hydrogens is 325 g/mol. The molecule has 0 unspecified atom stereocenters. The van der Waals surface area contributed by atoms with Crippen LogP contribution in [0.4, 0.5) is 24.9 Å². The second-order valence-electron chi connectivity index (χ2n) is 6.39. The predicted octanol–water partition coefficient (Wildman–Crippen LogP) is 1.42. The molecule has 0 radical (unpaired) electrons. The van der Waals surface area contributed by atoms with Crippen LogP contribution < -0.4 is 9.80 Å². The fraction of sp³-hybridized carbons (Fsp3) is 0.733. The summed E-state index contributed by atoms with van der Waals surface area (Å²) in [6, 6.07) is 0.932. The van der Waals surface area contributed by atoms with Crippen molar-refractivity contribution in [2.45, 2.75) is 44.1 Å². The van der Waals surface area contributed by atoms with Crippen molar-refractivity contribution in [3.05, 3.63) is 11.8 Å². The van der Waals surface area contributed by atoms with Gasteiger partial charge in [0.05, 0.1) is 12.2 Å². The van der Waals surface area contributed by atoms with Crippen molar-refractivity contribution >= 4 is 11.8 Å². The highest BCUT2D eigenvalue weighted by molar-refractivity contribution is 5.47. The first-order chi connectivity index (χ1) is 11.3. The number of alkyl halides is 3. The van der Waals surface area contributed by atoms with E-state index < -0.39 is 24.1 Å². The fourth-order valence-corrected chi connectivity index (χ4v) is 3.17. The van der Waals surface area contributed by atoms with E-state index in [1.54, 1.807) is 9.80 Å². The van der Waals surface area contributed by atoms with Gasteiger partial charge >= 0.3 is 6.18 Å². The van der Waals surface area contributed by atoms with E-state index in [9.17, 15) is 23.4 Å². The summed E-state index contributed by atoms with van der Waals surface area (Å²) >= 11 is 0. The molecule has 2 N–H and O–H groups in total. The van der Waals surface area contributed by atoms with E-state index >= 15 is 0 Å². The van der Waals surface area contributed by atoms with E-state index in [-0.39, 0.29) is 24.9 Å². The number of hydrogen-bond acceptors (Lipinski definition) is 6. The number of rotatable bonds is 2. The minimum atomic E-state index is -4.57. The number of nitrogens with zero attached hydrogens (tertiary/aromatic N) is 4. The lowest BCUT2D eigenvalue weighted by Crippen LogP contribution is -2.41. The second-order valence-corrected chi connectivity index (χ2v) is 6.39. The third kappa shape index (κ3) is 3.89. The van der Waals surface area contributed by atoms with Gasteiger partial charge in [0.25, 0.3) is 0 Å². The topological polar surface area (TPSA) is 72.7 Å². The Bertz CT molecular complexity index is 544. The van der Waals surface area contributed by atoms with Crippen molar-refractivity contribution in [2.24, 2.45) is 0 Å². The van der Waals surface area contributed by atoms with Crippen LogP contribution in [-0.4, -0.2) is 58.6 Å². The first-order valence-electron chi connectivity index (χ1n) is 8.15. The summed E-state index contributed by atoms with van der Waals surface area (Å²) in [4.78, 5) is 11.2. The Morgan fingerprint density at radius 2 is 1.54 bits per heavy atom. The molecule has 2 fully saturated rings. The molecule has 2 atom stereocenters. The summed E-state index contributed by atoms with van der Waals surface area (Å²) in [5.41, 5.74) is -0.998. The fourth-order valence-electron chi connectivity index (χ4n) is 3.17. The van der Waals surface area contributed by atoms with Crippen molar-refractivity contribution < 1.29 is 23.4 Å². The summed E-state index contributed by atoms with van der Waals surface area (Å²) in [5, 5.41) is 19.5. The van der Waals surface area contributed by atoms with Gasteiger partial charge in [0, 0.05) is 32.2 Å². The third-order valence-corrected chi connectivity index (χ3v) is 4.39. The minimum absolute atomic E-state index is 0.0151. The molecule has 9 heteroatoms. The Morgan fingerprint density at radius 3 is 2.12 bits per heavy atom. The van der Waals surface area contributed by atoms with E-state index in [4.69, 9.17) is 0 Å². The Labute approximate surface area is 137 Å². The van der Waals surface area contributed by atoms with E-state index in [2.05, 4.69) is 9.97 Å². The predicted molar refractivity (Wildman–Crippen MR) is 81.9 cm³/mol. The van der Waals surface area contributed by atoms with Crippen molar-refractivity contribution in [2.75, 3.05) is 36.0 Å². The smallest absolute Gasteiger partial charge is 0.391 e. The van der Waals surface area contributed by atoms with Crippen LogP contribution in [0.1, 0.15) is 31.4 Å². The van der Waals surface area contributed by atoms with Gasteiger partial charge in [-0.3, -0.25) is 0 Å². The second kappa shape index (κ2) is 6.72. The van der Waals surface area contributed by atoms with Crippen LogP contribution in [0.2, 0.25) is 0 Å². The molecule has 6 nitrogen and oxygen atoms in total. The SMILES string of the molecule is O[C@@H]1CCCN(c2cc(C(F)(F)F)nc(N3CCC[C@H](O)C3)n2)C1. The van der Waals surface area contributed by atoms with Gasteiger partial charge < -0.3 is 20.0 Å². The first kappa shape index (κ1) is 17.2. The van der Waals surface area contributed by atoms with Crippen molar-refractivity contribution in [3.63, 3.8) is 0 Å². The Balaban J connectivity index is 1.94. The van der Waals surface area contributed by atoms with Gasteiger partial charge in [-0.1, -0.05) is 0 Å². The molecule has 3 rings (SSSR count). The standard InChI is InChI=1S/C15H21F3N4O2/c16-15(17,18)12-7-13(21-5-1-3-10(23)8-21)20-14(19-12)22-6-2-4-11(24)9-22/h7,10-11,23-24H,1-6,8-9H2/t10-,11+/m1/s1. The molecule has 0 spiro atoms. The zero-order valence-corrected chi connectivity index (χ0v) is 13.2. The van der Waals surface area contributed by atoms with Crippen LogP contribution in [0.15, 0.2) is 6.07 Å². The van der Waals surface area contributed by atoms with E-state index in [1.807, 2.05) is 0 Å². The lowest BCUT2D eigenvalue weighted by Gasteiger charge is -2.33. The molecular formula is C15H21F3N4O2. The highest BCUT2D eigenvalue weighted by Gasteiger charge is 2.35. The quantitative estimate of drug-likeness (QED) is 0.844. The average molecular weight is 346 g/mol. The third-order valence-electron chi connectivity index (χ3n) is 4.39. The van der Waals surface area contributed by atoms with Gasteiger partial charge in [-0.15, -0.1) is 0 Å². The lowest BCUT2D eigenvalue weighted by molar-refractivity contribution is -0.141. The summed E-state index contributed by atoms with van der Waals surface area (Å²) < 4.78 is 39.6. The van der Waals surface area contributed by atoms with Gasteiger partial charge in [-0.05, 0) is 25.7 Å². The number of anilines is 2. The van der Waals surface area contributed by atoms with Gasteiger partial charge in [0.2, 0.25) is 5.95 Å². The van der Waals surface area contributed by atoms with Crippen LogP contribution in [0, 0.1) is 0 Å². The molecule has 2 saturated heterocycles. The summed E-state index contributed by atoms with van der Waals surface area (Å²) in [7, 11) is 0. The molecule has 0 saturated carbocycles. The van der Waals surface area contributed by atoms with Crippen molar-refractivity contribution in [1.82, 2.24) is 9.97 Å². The molecule has 1 aromatic rings. The van der Waals surface area contributed by atoms with Gasteiger partial charge in [-0.25, -0.2) is 4.98 Å². The van der Waals surface area contributed by atoms with Crippen LogP contribution >= 0.6 is 0 Å². The average Bonchev–Trinajstić information content (AvgIpc) is 2.53. The minimum Gasteiger partial charge on any atom is -0.391 e. The van der Waals surface area contributed by atoms with Crippen LogP contribution in [0.5, 0.6) is 0 Å². The molecule has 24 heavy (non-hydrogen) atoms. The van der Waals surface area contributed by atoms with Crippen molar-refractivity contribution in [3.8, 4) is 0 Å². The number of hydrogen-bond donors (Lipinski definition) is 2. The highest BCUT2D eigenvalue weighted by Crippen LogP contribution is 2.32. The summed E-state index contributed by atoms with van der Waals surface area (Å²) in [5.74, 6) is 0.157. The Hall–Kier alpha value is -1.61. The number of aromatic nitrogens is 2. The van der Waals surface area contributed by atoms with E-state index in [0.29, 0.717) is 38.8 Å². The number of β-amino-alcohol motifs (C(OH)–C–C–N with tert-alkyl or cyclic N) is 2. The molecule has 0 aromatic carbocycles. The van der Waals surface area contributed by atoms with Gasteiger partial charge in [-0.2, -0.15) is 18.2 Å². The Morgan fingerprint density at radius 1 is 0.958 bits per heavy atom. The maximum Gasteiger partial charge on any atom is 0.433 e. The number of aliphatic hydroxyl groups excluding tert-OH is 2. The largest absolute Gasteiger partial charge is 0.433 e. The molecule has 2 aliphatic rings. The zero-order chi connectivity index (χ0) is 17.3.